The van der Waals surface area contributed by atoms with E-state index in [4.69, 9.17) is 10.9 Å². The van der Waals surface area contributed by atoms with Crippen LogP contribution in [-0.4, -0.2) is 58.0 Å². The number of nitrogens with zero attached hydrogens (tertiary/aromatic N) is 5. The topological polar surface area (TPSA) is 108 Å². The number of amides is 1. The maximum absolute atomic E-state index is 12.5. The Morgan fingerprint density at radius 1 is 1.24 bits per heavy atom. The SMILES string of the molecule is N/C(=N/O)C1(C(=O)N2CCN(c3ncccn3)CC2)CC1. The monoisotopic (exact) mass is 290 g/mol. The van der Waals surface area contributed by atoms with Crippen molar-refractivity contribution in [3.63, 3.8) is 0 Å². The van der Waals surface area contributed by atoms with Crippen LogP contribution >= 0.6 is 0 Å². The molecule has 3 rings (SSSR count). The van der Waals surface area contributed by atoms with Gasteiger partial charge in [-0.3, -0.25) is 4.79 Å². The van der Waals surface area contributed by atoms with Crippen molar-refractivity contribution in [2.45, 2.75) is 12.8 Å². The highest BCUT2D eigenvalue weighted by Crippen LogP contribution is 2.47. The molecule has 3 N–H and O–H groups in total. The van der Waals surface area contributed by atoms with Crippen molar-refractivity contribution in [2.75, 3.05) is 31.1 Å². The van der Waals surface area contributed by atoms with E-state index < -0.39 is 5.41 Å². The van der Waals surface area contributed by atoms with E-state index >= 15 is 0 Å². The third-order valence-corrected chi connectivity index (χ3v) is 4.16. The van der Waals surface area contributed by atoms with Gasteiger partial charge in [0.2, 0.25) is 11.9 Å². The third-order valence-electron chi connectivity index (χ3n) is 4.16. The number of rotatable bonds is 3. The molecule has 112 valence electrons. The molecule has 0 atom stereocenters. The molecule has 1 aliphatic heterocycles. The van der Waals surface area contributed by atoms with Crippen LogP contribution in [-0.2, 0) is 4.79 Å². The van der Waals surface area contributed by atoms with Crippen LogP contribution in [0.1, 0.15) is 12.8 Å². The highest BCUT2D eigenvalue weighted by molar-refractivity contribution is 6.09. The molecule has 1 aromatic rings. The number of oxime groups is 1. The lowest BCUT2D eigenvalue weighted by Gasteiger charge is -2.36. The number of nitrogens with two attached hydrogens (primary N) is 1. The van der Waals surface area contributed by atoms with Crippen molar-refractivity contribution >= 4 is 17.7 Å². The summed E-state index contributed by atoms with van der Waals surface area (Å²) in [5.74, 6) is 0.676. The van der Waals surface area contributed by atoms with Crippen molar-refractivity contribution in [3.8, 4) is 0 Å². The molecule has 0 spiro atoms. The summed E-state index contributed by atoms with van der Waals surface area (Å²) >= 11 is 0. The second-order valence-corrected chi connectivity index (χ2v) is 5.40. The van der Waals surface area contributed by atoms with Crippen LogP contribution in [0.4, 0.5) is 5.95 Å². The first-order chi connectivity index (χ1) is 10.2. The Hall–Kier alpha value is -2.38. The maximum Gasteiger partial charge on any atom is 0.236 e. The Morgan fingerprint density at radius 3 is 2.38 bits per heavy atom. The van der Waals surface area contributed by atoms with Gasteiger partial charge in [-0.25, -0.2) is 9.97 Å². The molecule has 0 bridgehead atoms. The molecular weight excluding hydrogens is 272 g/mol. The summed E-state index contributed by atoms with van der Waals surface area (Å²) in [4.78, 5) is 24.8. The first-order valence-electron chi connectivity index (χ1n) is 6.97. The van der Waals surface area contributed by atoms with Gasteiger partial charge in [-0.1, -0.05) is 5.16 Å². The fraction of sp³-hybridized carbons (Fsp3) is 0.538. The van der Waals surface area contributed by atoms with Crippen molar-refractivity contribution in [1.82, 2.24) is 14.9 Å². The standard InChI is InChI=1S/C13H18N6O2/c14-10(17-21)13(2-3-13)11(20)18-6-8-19(9-7-18)12-15-4-1-5-16-12/h1,4-5,21H,2-3,6-9H2,(H2,14,17). The van der Waals surface area contributed by atoms with Crippen molar-refractivity contribution in [2.24, 2.45) is 16.3 Å². The van der Waals surface area contributed by atoms with E-state index in [2.05, 4.69) is 15.1 Å². The average molecular weight is 290 g/mol. The summed E-state index contributed by atoms with van der Waals surface area (Å²) in [5.41, 5.74) is 4.90. The number of carbonyl (C=O) groups is 1. The molecule has 2 aliphatic rings. The van der Waals surface area contributed by atoms with E-state index in [-0.39, 0.29) is 11.7 Å². The van der Waals surface area contributed by atoms with Gasteiger partial charge in [0.05, 0.1) is 0 Å². The first-order valence-corrected chi connectivity index (χ1v) is 6.97. The van der Waals surface area contributed by atoms with Crippen LogP contribution in [0, 0.1) is 5.41 Å². The molecular formula is C13H18N6O2. The second kappa shape index (κ2) is 5.19. The highest BCUT2D eigenvalue weighted by atomic mass is 16.4. The van der Waals surface area contributed by atoms with Crippen LogP contribution in [0.3, 0.4) is 0 Å². The molecule has 1 aliphatic carbocycles. The normalized spacial score (nSPS) is 21.2. The zero-order valence-electron chi connectivity index (χ0n) is 11.6. The largest absolute Gasteiger partial charge is 0.409 e. The minimum absolute atomic E-state index is 0.0290. The second-order valence-electron chi connectivity index (χ2n) is 5.40. The fourth-order valence-corrected chi connectivity index (χ4v) is 2.67. The summed E-state index contributed by atoms with van der Waals surface area (Å²) < 4.78 is 0. The molecule has 8 heteroatoms. The van der Waals surface area contributed by atoms with Gasteiger partial charge >= 0.3 is 0 Å². The molecule has 21 heavy (non-hydrogen) atoms. The Bertz CT molecular complexity index is 549. The Labute approximate surface area is 122 Å². The molecule has 2 heterocycles. The van der Waals surface area contributed by atoms with Crippen molar-refractivity contribution in [3.05, 3.63) is 18.5 Å². The van der Waals surface area contributed by atoms with E-state index in [1.54, 1.807) is 23.4 Å². The Kier molecular flexibility index (Phi) is 3.36. The molecule has 1 amide bonds. The molecule has 0 unspecified atom stereocenters. The molecule has 8 nitrogen and oxygen atoms in total. The molecule has 0 aromatic carbocycles. The predicted molar refractivity (Wildman–Crippen MR) is 75.9 cm³/mol. The van der Waals surface area contributed by atoms with Gasteiger partial charge in [0.25, 0.3) is 0 Å². The number of carbonyl (C=O) groups excluding carboxylic acids is 1. The average Bonchev–Trinajstić information content (AvgIpc) is 3.36. The molecule has 0 radical (unpaired) electrons. The zero-order chi connectivity index (χ0) is 14.9. The summed E-state index contributed by atoms with van der Waals surface area (Å²) in [7, 11) is 0. The van der Waals surface area contributed by atoms with Crippen LogP contribution in [0.25, 0.3) is 0 Å². The van der Waals surface area contributed by atoms with Gasteiger partial charge in [-0.15, -0.1) is 0 Å². The van der Waals surface area contributed by atoms with Crippen molar-refractivity contribution < 1.29 is 10.0 Å². The van der Waals surface area contributed by atoms with E-state index in [0.29, 0.717) is 45.0 Å². The third kappa shape index (κ3) is 2.37. The number of piperazine rings is 1. The van der Waals surface area contributed by atoms with Crippen molar-refractivity contribution in [1.29, 1.82) is 0 Å². The summed E-state index contributed by atoms with van der Waals surface area (Å²) in [6, 6.07) is 1.77. The minimum atomic E-state index is -0.764. The van der Waals surface area contributed by atoms with E-state index in [9.17, 15) is 4.79 Å². The Morgan fingerprint density at radius 2 is 1.86 bits per heavy atom. The maximum atomic E-state index is 12.5. The number of aromatic nitrogens is 2. The molecule has 1 aromatic heterocycles. The summed E-state index contributed by atoms with van der Waals surface area (Å²) in [6.45, 7) is 2.55. The van der Waals surface area contributed by atoms with Gasteiger partial charge in [0.15, 0.2) is 5.84 Å². The number of hydrogen-bond donors (Lipinski definition) is 2. The van der Waals surface area contributed by atoms with Crippen LogP contribution in [0.15, 0.2) is 23.6 Å². The minimum Gasteiger partial charge on any atom is -0.409 e. The van der Waals surface area contributed by atoms with E-state index in [0.717, 1.165) is 0 Å². The highest BCUT2D eigenvalue weighted by Gasteiger charge is 2.56. The van der Waals surface area contributed by atoms with E-state index in [1.165, 1.54) is 0 Å². The Balaban J connectivity index is 1.63. The van der Waals surface area contributed by atoms with Crippen LogP contribution in [0.5, 0.6) is 0 Å². The van der Waals surface area contributed by atoms with Gasteiger partial charge in [-0.05, 0) is 18.9 Å². The van der Waals surface area contributed by atoms with Gasteiger partial charge in [0, 0.05) is 38.6 Å². The summed E-state index contributed by atoms with van der Waals surface area (Å²) in [5, 5.41) is 11.8. The molecule has 2 fully saturated rings. The lowest BCUT2D eigenvalue weighted by atomic mass is 10.0. The summed E-state index contributed by atoms with van der Waals surface area (Å²) in [6.07, 6.45) is 4.72. The number of amidine groups is 1. The number of anilines is 1. The van der Waals surface area contributed by atoms with Gasteiger partial charge < -0.3 is 20.7 Å². The van der Waals surface area contributed by atoms with Gasteiger partial charge in [0.1, 0.15) is 5.41 Å². The first kappa shape index (κ1) is 13.6. The predicted octanol–water partition coefficient (Wildman–Crippen LogP) is -0.348. The van der Waals surface area contributed by atoms with Gasteiger partial charge in [-0.2, -0.15) is 0 Å². The number of hydrogen-bond acceptors (Lipinski definition) is 6. The zero-order valence-corrected chi connectivity index (χ0v) is 11.6. The fourth-order valence-electron chi connectivity index (χ4n) is 2.67. The molecule has 1 saturated heterocycles. The van der Waals surface area contributed by atoms with E-state index in [1.807, 2.05) is 4.90 Å². The van der Waals surface area contributed by atoms with Crippen LogP contribution < -0.4 is 10.6 Å². The molecule has 1 saturated carbocycles. The van der Waals surface area contributed by atoms with Crippen LogP contribution in [0.2, 0.25) is 0 Å². The lowest BCUT2D eigenvalue weighted by molar-refractivity contribution is -0.134. The lowest BCUT2D eigenvalue weighted by Crippen LogP contribution is -2.53. The quantitative estimate of drug-likeness (QED) is 0.341. The smallest absolute Gasteiger partial charge is 0.236 e.